The first kappa shape index (κ1) is 14.6. The lowest BCUT2D eigenvalue weighted by Crippen LogP contribution is -2.55. The maximum atomic E-state index is 12.4. The SMILES string of the molecule is CSc1nc(C)cc(N2CC(C(=O)N3CCCCC3)C2)n1. The lowest BCUT2D eigenvalue weighted by Gasteiger charge is -2.42. The van der Waals surface area contributed by atoms with Gasteiger partial charge in [0.2, 0.25) is 5.91 Å². The molecule has 0 unspecified atom stereocenters. The van der Waals surface area contributed by atoms with Gasteiger partial charge in [0.05, 0.1) is 5.92 Å². The van der Waals surface area contributed by atoms with E-state index in [0.29, 0.717) is 5.91 Å². The van der Waals surface area contributed by atoms with Gasteiger partial charge in [0.1, 0.15) is 5.82 Å². The van der Waals surface area contributed by atoms with Crippen molar-refractivity contribution in [2.24, 2.45) is 5.92 Å². The molecule has 1 amide bonds. The predicted octanol–water partition coefficient (Wildman–Crippen LogP) is 1.96. The summed E-state index contributed by atoms with van der Waals surface area (Å²) in [5.74, 6) is 1.44. The fourth-order valence-corrected chi connectivity index (χ4v) is 3.39. The number of aryl methyl sites for hydroxylation is 1. The Kier molecular flexibility index (Phi) is 4.33. The van der Waals surface area contributed by atoms with Crippen LogP contribution in [-0.4, -0.2) is 53.2 Å². The number of aromatic nitrogens is 2. The molecule has 2 aliphatic rings. The molecule has 1 aromatic heterocycles. The summed E-state index contributed by atoms with van der Waals surface area (Å²) in [5, 5.41) is 0.802. The highest BCUT2D eigenvalue weighted by atomic mass is 32.2. The van der Waals surface area contributed by atoms with Crippen molar-refractivity contribution in [3.63, 3.8) is 0 Å². The molecule has 0 bridgehead atoms. The fourth-order valence-electron chi connectivity index (χ4n) is 2.97. The van der Waals surface area contributed by atoms with Gasteiger partial charge >= 0.3 is 0 Å². The Balaban J connectivity index is 1.60. The van der Waals surface area contributed by atoms with Gasteiger partial charge in [-0.2, -0.15) is 0 Å². The molecule has 21 heavy (non-hydrogen) atoms. The van der Waals surface area contributed by atoms with E-state index in [1.54, 1.807) is 11.8 Å². The van der Waals surface area contributed by atoms with Gasteiger partial charge < -0.3 is 9.80 Å². The number of carbonyl (C=O) groups is 1. The van der Waals surface area contributed by atoms with Crippen LogP contribution in [0, 0.1) is 12.8 Å². The zero-order chi connectivity index (χ0) is 14.8. The van der Waals surface area contributed by atoms with E-state index in [1.165, 1.54) is 6.42 Å². The van der Waals surface area contributed by atoms with Crippen LogP contribution in [0.4, 0.5) is 5.82 Å². The summed E-state index contributed by atoms with van der Waals surface area (Å²) in [6, 6.07) is 2.00. The summed E-state index contributed by atoms with van der Waals surface area (Å²) in [6.45, 7) is 5.46. The number of thioether (sulfide) groups is 1. The highest BCUT2D eigenvalue weighted by Crippen LogP contribution is 2.27. The highest BCUT2D eigenvalue weighted by molar-refractivity contribution is 7.98. The first-order chi connectivity index (χ1) is 10.2. The Morgan fingerprint density at radius 1 is 1.24 bits per heavy atom. The van der Waals surface area contributed by atoms with Crippen LogP contribution < -0.4 is 4.90 Å². The van der Waals surface area contributed by atoms with Crippen molar-refractivity contribution in [2.75, 3.05) is 37.3 Å². The zero-order valence-corrected chi connectivity index (χ0v) is 13.5. The summed E-state index contributed by atoms with van der Waals surface area (Å²) in [4.78, 5) is 25.5. The number of rotatable bonds is 3. The monoisotopic (exact) mass is 306 g/mol. The predicted molar refractivity (Wildman–Crippen MR) is 84.7 cm³/mol. The Labute approximate surface area is 130 Å². The number of hydrogen-bond acceptors (Lipinski definition) is 5. The Bertz CT molecular complexity index is 524. The fraction of sp³-hybridized carbons (Fsp3) is 0.667. The van der Waals surface area contributed by atoms with Crippen molar-refractivity contribution < 1.29 is 4.79 Å². The molecule has 0 aliphatic carbocycles. The molecule has 0 N–H and O–H groups in total. The second-order valence-corrected chi connectivity index (χ2v) is 6.62. The molecule has 0 atom stereocenters. The van der Waals surface area contributed by atoms with E-state index in [-0.39, 0.29) is 5.92 Å². The normalized spacial score (nSPS) is 19.5. The van der Waals surface area contributed by atoms with Crippen molar-refractivity contribution in [1.29, 1.82) is 0 Å². The quantitative estimate of drug-likeness (QED) is 0.631. The van der Waals surface area contributed by atoms with Gasteiger partial charge in [-0.25, -0.2) is 9.97 Å². The first-order valence-electron chi connectivity index (χ1n) is 7.61. The molecule has 3 heterocycles. The lowest BCUT2D eigenvalue weighted by atomic mass is 9.97. The van der Waals surface area contributed by atoms with Crippen LogP contribution in [0.25, 0.3) is 0 Å². The molecule has 5 nitrogen and oxygen atoms in total. The molecule has 0 aromatic carbocycles. The molecule has 2 saturated heterocycles. The van der Waals surface area contributed by atoms with Gasteiger partial charge in [-0.15, -0.1) is 0 Å². The Hall–Kier alpha value is -1.30. The third kappa shape index (κ3) is 3.15. The van der Waals surface area contributed by atoms with Crippen molar-refractivity contribution in [2.45, 2.75) is 31.3 Å². The molecular weight excluding hydrogens is 284 g/mol. The summed E-state index contributed by atoms with van der Waals surface area (Å²) >= 11 is 1.55. The first-order valence-corrected chi connectivity index (χ1v) is 8.83. The third-order valence-electron chi connectivity index (χ3n) is 4.23. The molecule has 6 heteroatoms. The topological polar surface area (TPSA) is 49.3 Å². The van der Waals surface area contributed by atoms with Gasteiger partial charge in [0.25, 0.3) is 0 Å². The van der Waals surface area contributed by atoms with Crippen molar-refractivity contribution in [3.05, 3.63) is 11.8 Å². The van der Waals surface area contributed by atoms with Gasteiger partial charge in [0.15, 0.2) is 5.16 Å². The summed E-state index contributed by atoms with van der Waals surface area (Å²) < 4.78 is 0. The summed E-state index contributed by atoms with van der Waals surface area (Å²) in [5.41, 5.74) is 0.982. The maximum Gasteiger partial charge on any atom is 0.229 e. The van der Waals surface area contributed by atoms with Crippen LogP contribution >= 0.6 is 11.8 Å². The van der Waals surface area contributed by atoms with Gasteiger partial charge in [-0.1, -0.05) is 11.8 Å². The van der Waals surface area contributed by atoms with E-state index in [1.807, 2.05) is 24.1 Å². The average Bonchev–Trinajstić information content (AvgIpc) is 2.46. The molecule has 114 valence electrons. The van der Waals surface area contributed by atoms with E-state index < -0.39 is 0 Å². The van der Waals surface area contributed by atoms with Crippen molar-refractivity contribution in [3.8, 4) is 0 Å². The molecule has 1 aromatic rings. The van der Waals surface area contributed by atoms with E-state index in [0.717, 1.165) is 55.7 Å². The van der Waals surface area contributed by atoms with Crippen LogP contribution in [0.1, 0.15) is 25.0 Å². The second-order valence-electron chi connectivity index (χ2n) is 5.84. The van der Waals surface area contributed by atoms with Gasteiger partial charge in [0, 0.05) is 37.9 Å². The largest absolute Gasteiger partial charge is 0.355 e. The molecule has 2 aliphatic heterocycles. The van der Waals surface area contributed by atoms with E-state index in [9.17, 15) is 4.79 Å². The van der Waals surface area contributed by atoms with Crippen LogP contribution in [-0.2, 0) is 4.79 Å². The third-order valence-corrected chi connectivity index (χ3v) is 4.77. The van der Waals surface area contributed by atoms with E-state index in [2.05, 4.69) is 14.9 Å². The van der Waals surface area contributed by atoms with Crippen LogP contribution in [0.5, 0.6) is 0 Å². The summed E-state index contributed by atoms with van der Waals surface area (Å²) in [6.07, 6.45) is 5.56. The zero-order valence-electron chi connectivity index (χ0n) is 12.7. The van der Waals surface area contributed by atoms with Gasteiger partial charge in [-0.3, -0.25) is 4.79 Å². The smallest absolute Gasteiger partial charge is 0.229 e. The molecule has 3 rings (SSSR count). The maximum absolute atomic E-state index is 12.4. The number of carbonyl (C=O) groups excluding carboxylic acids is 1. The van der Waals surface area contributed by atoms with Crippen LogP contribution in [0.2, 0.25) is 0 Å². The lowest BCUT2D eigenvalue weighted by molar-refractivity contribution is -0.137. The molecular formula is C15H22N4OS. The summed E-state index contributed by atoms with van der Waals surface area (Å²) in [7, 11) is 0. The standard InChI is InChI=1S/C15H22N4OS/c1-11-8-13(17-15(16-11)21-2)19-9-12(10-19)14(20)18-6-4-3-5-7-18/h8,12H,3-7,9-10H2,1-2H3. The second kappa shape index (κ2) is 6.22. The van der Waals surface area contributed by atoms with E-state index in [4.69, 9.17) is 0 Å². The minimum atomic E-state index is 0.149. The highest BCUT2D eigenvalue weighted by Gasteiger charge is 2.36. The molecule has 0 radical (unpaired) electrons. The molecule has 0 saturated carbocycles. The number of likely N-dealkylation sites (tertiary alicyclic amines) is 1. The number of amides is 1. The molecule has 0 spiro atoms. The van der Waals surface area contributed by atoms with Crippen LogP contribution in [0.15, 0.2) is 11.2 Å². The molecule has 2 fully saturated rings. The van der Waals surface area contributed by atoms with Crippen molar-refractivity contribution >= 4 is 23.5 Å². The Morgan fingerprint density at radius 3 is 2.62 bits per heavy atom. The number of anilines is 1. The minimum Gasteiger partial charge on any atom is -0.355 e. The number of piperidine rings is 1. The van der Waals surface area contributed by atoms with Gasteiger partial charge in [-0.05, 0) is 32.4 Å². The Morgan fingerprint density at radius 2 is 1.95 bits per heavy atom. The number of nitrogens with zero attached hydrogens (tertiary/aromatic N) is 4. The van der Waals surface area contributed by atoms with Crippen LogP contribution in [0.3, 0.4) is 0 Å². The minimum absolute atomic E-state index is 0.149. The van der Waals surface area contributed by atoms with E-state index >= 15 is 0 Å². The van der Waals surface area contributed by atoms with Crippen molar-refractivity contribution in [1.82, 2.24) is 14.9 Å². The number of hydrogen-bond donors (Lipinski definition) is 0. The average molecular weight is 306 g/mol.